The SMILES string of the molecule is CC1(C)CC(Nc2ncnc(NNC(=O)c3ccccc3Cl)c2[N+](=O)[O-])CC(C)(C)N1. The summed E-state index contributed by atoms with van der Waals surface area (Å²) in [5.41, 5.74) is 4.51. The zero-order chi connectivity index (χ0) is 22.8. The molecule has 0 saturated carbocycles. The first kappa shape index (κ1) is 22.7. The van der Waals surface area contributed by atoms with Gasteiger partial charge >= 0.3 is 5.69 Å². The normalized spacial score (nSPS) is 17.6. The Bertz CT molecular complexity index is 980. The van der Waals surface area contributed by atoms with Crippen LogP contribution in [0.4, 0.5) is 17.3 Å². The number of hydrogen-bond acceptors (Lipinski definition) is 8. The molecule has 0 bridgehead atoms. The Kier molecular flexibility index (Phi) is 6.33. The van der Waals surface area contributed by atoms with Gasteiger partial charge in [-0.05, 0) is 52.7 Å². The number of nitro groups is 1. The van der Waals surface area contributed by atoms with E-state index in [2.05, 4.69) is 59.1 Å². The fourth-order valence-corrected chi connectivity index (χ4v) is 4.42. The Balaban J connectivity index is 1.80. The molecule has 0 aliphatic carbocycles. The number of carbonyl (C=O) groups excluding carboxylic acids is 1. The fourth-order valence-electron chi connectivity index (χ4n) is 4.20. The molecule has 1 saturated heterocycles. The first-order chi connectivity index (χ1) is 14.5. The van der Waals surface area contributed by atoms with E-state index in [1.807, 2.05) is 0 Å². The Morgan fingerprint density at radius 2 is 1.77 bits per heavy atom. The van der Waals surface area contributed by atoms with Gasteiger partial charge in [0.25, 0.3) is 5.91 Å². The molecule has 0 atom stereocenters. The number of nitrogens with zero attached hydrogens (tertiary/aromatic N) is 3. The molecule has 1 aromatic carbocycles. The van der Waals surface area contributed by atoms with Gasteiger partial charge in [0, 0.05) is 17.1 Å². The second-order valence-corrected chi connectivity index (χ2v) is 9.29. The van der Waals surface area contributed by atoms with E-state index in [1.165, 1.54) is 6.33 Å². The number of benzene rings is 1. The van der Waals surface area contributed by atoms with Crippen LogP contribution >= 0.6 is 11.6 Å². The minimum atomic E-state index is -0.580. The maximum atomic E-state index is 12.4. The zero-order valence-electron chi connectivity index (χ0n) is 17.8. The number of anilines is 2. The summed E-state index contributed by atoms with van der Waals surface area (Å²) >= 11 is 6.02. The van der Waals surface area contributed by atoms with Gasteiger partial charge in [0.05, 0.1) is 15.5 Å². The van der Waals surface area contributed by atoms with Gasteiger partial charge in [0.2, 0.25) is 11.6 Å². The third-order valence-corrected chi connectivity index (χ3v) is 5.28. The van der Waals surface area contributed by atoms with Crippen LogP contribution in [0, 0.1) is 10.1 Å². The third-order valence-electron chi connectivity index (χ3n) is 4.95. The fraction of sp³-hybridized carbons (Fsp3) is 0.450. The lowest BCUT2D eigenvalue weighted by Crippen LogP contribution is -2.60. The van der Waals surface area contributed by atoms with Gasteiger partial charge in [-0.3, -0.25) is 25.8 Å². The van der Waals surface area contributed by atoms with Crippen molar-refractivity contribution in [2.75, 3.05) is 10.7 Å². The summed E-state index contributed by atoms with van der Waals surface area (Å²) in [4.78, 5) is 31.6. The van der Waals surface area contributed by atoms with Crippen molar-refractivity contribution in [2.45, 2.75) is 57.7 Å². The van der Waals surface area contributed by atoms with E-state index >= 15 is 0 Å². The van der Waals surface area contributed by atoms with Crippen molar-refractivity contribution in [3.8, 4) is 0 Å². The van der Waals surface area contributed by atoms with E-state index in [4.69, 9.17) is 11.6 Å². The monoisotopic (exact) mass is 447 g/mol. The van der Waals surface area contributed by atoms with Crippen LogP contribution in [0.1, 0.15) is 50.9 Å². The largest absolute Gasteiger partial charge is 0.361 e. The quantitative estimate of drug-likeness (QED) is 0.390. The third kappa shape index (κ3) is 5.59. The van der Waals surface area contributed by atoms with Gasteiger partial charge < -0.3 is 10.6 Å². The van der Waals surface area contributed by atoms with Crippen LogP contribution in [0.3, 0.4) is 0 Å². The summed E-state index contributed by atoms with van der Waals surface area (Å²) in [6.07, 6.45) is 2.71. The van der Waals surface area contributed by atoms with Crippen LogP contribution in [-0.4, -0.2) is 37.9 Å². The topological polar surface area (TPSA) is 134 Å². The molecule has 2 heterocycles. The summed E-state index contributed by atoms with van der Waals surface area (Å²) in [7, 11) is 0. The minimum Gasteiger partial charge on any atom is -0.361 e. The molecule has 3 rings (SSSR count). The molecule has 2 aromatic rings. The van der Waals surface area contributed by atoms with Crippen LogP contribution in [0.5, 0.6) is 0 Å². The first-order valence-electron chi connectivity index (χ1n) is 9.84. The number of carbonyl (C=O) groups is 1. The number of aromatic nitrogens is 2. The molecule has 1 aliphatic rings. The summed E-state index contributed by atoms with van der Waals surface area (Å²) in [6.45, 7) is 8.37. The lowest BCUT2D eigenvalue weighted by molar-refractivity contribution is -0.383. The highest BCUT2D eigenvalue weighted by atomic mass is 35.5. The number of halogens is 1. The predicted molar refractivity (Wildman–Crippen MR) is 119 cm³/mol. The Labute approximate surface area is 185 Å². The number of hydrogen-bond donors (Lipinski definition) is 4. The standard InChI is InChI=1S/C20H26ClN7O3/c1-19(2)9-12(10-20(3,4)27-19)24-16-15(28(30)31)17(23-11-22-16)25-26-18(29)13-7-5-6-8-14(13)21/h5-8,11-12,27H,9-10H2,1-4H3,(H,26,29)(H2,22,23,24,25). The summed E-state index contributed by atoms with van der Waals surface area (Å²) in [5.74, 6) is -0.585. The van der Waals surface area contributed by atoms with Crippen LogP contribution in [-0.2, 0) is 0 Å². The number of rotatable bonds is 6. The number of piperidine rings is 1. The molecular formula is C20H26ClN7O3. The Hall–Kier alpha value is -2.98. The molecule has 0 spiro atoms. The van der Waals surface area contributed by atoms with Gasteiger partial charge in [-0.15, -0.1) is 0 Å². The maximum absolute atomic E-state index is 12.4. The molecule has 31 heavy (non-hydrogen) atoms. The van der Waals surface area contributed by atoms with Crippen LogP contribution in [0.2, 0.25) is 5.02 Å². The average molecular weight is 448 g/mol. The molecule has 166 valence electrons. The summed E-state index contributed by atoms with van der Waals surface area (Å²) in [6, 6.07) is 6.45. The van der Waals surface area contributed by atoms with Gasteiger partial charge in [-0.25, -0.2) is 9.97 Å². The highest BCUT2D eigenvalue weighted by Gasteiger charge is 2.38. The van der Waals surface area contributed by atoms with E-state index < -0.39 is 10.8 Å². The zero-order valence-corrected chi connectivity index (χ0v) is 18.6. The highest BCUT2D eigenvalue weighted by Crippen LogP contribution is 2.34. The van der Waals surface area contributed by atoms with Crippen LogP contribution in [0.15, 0.2) is 30.6 Å². The van der Waals surface area contributed by atoms with E-state index in [9.17, 15) is 14.9 Å². The summed E-state index contributed by atoms with van der Waals surface area (Å²) in [5, 5.41) is 18.8. The second kappa shape index (κ2) is 8.64. The minimum absolute atomic E-state index is 0.0367. The average Bonchev–Trinajstić information content (AvgIpc) is 2.63. The van der Waals surface area contributed by atoms with Crippen molar-refractivity contribution >= 4 is 34.8 Å². The lowest BCUT2D eigenvalue weighted by atomic mass is 9.79. The van der Waals surface area contributed by atoms with Crippen molar-refractivity contribution in [1.29, 1.82) is 0 Å². The van der Waals surface area contributed by atoms with Gasteiger partial charge in [0.1, 0.15) is 6.33 Å². The second-order valence-electron chi connectivity index (χ2n) is 8.88. The molecule has 10 nitrogen and oxygen atoms in total. The molecule has 1 aromatic heterocycles. The first-order valence-corrected chi connectivity index (χ1v) is 10.2. The highest BCUT2D eigenvalue weighted by molar-refractivity contribution is 6.33. The van der Waals surface area contributed by atoms with Gasteiger partial charge in [-0.1, -0.05) is 23.7 Å². The van der Waals surface area contributed by atoms with E-state index in [-0.39, 0.29) is 45.0 Å². The molecular weight excluding hydrogens is 422 g/mol. The molecule has 0 unspecified atom stereocenters. The molecule has 1 aliphatic heterocycles. The molecule has 4 N–H and O–H groups in total. The number of hydrazine groups is 1. The van der Waals surface area contributed by atoms with Crippen LogP contribution < -0.4 is 21.5 Å². The lowest BCUT2D eigenvalue weighted by Gasteiger charge is -2.46. The van der Waals surface area contributed by atoms with Crippen molar-refractivity contribution in [1.82, 2.24) is 20.7 Å². The maximum Gasteiger partial charge on any atom is 0.354 e. The van der Waals surface area contributed by atoms with Crippen molar-refractivity contribution < 1.29 is 9.72 Å². The summed E-state index contributed by atoms with van der Waals surface area (Å²) < 4.78 is 0. The van der Waals surface area contributed by atoms with E-state index in [1.54, 1.807) is 24.3 Å². The predicted octanol–water partition coefficient (Wildman–Crippen LogP) is 3.52. The van der Waals surface area contributed by atoms with Crippen molar-refractivity contribution in [2.24, 2.45) is 0 Å². The van der Waals surface area contributed by atoms with Crippen molar-refractivity contribution in [3.63, 3.8) is 0 Å². The van der Waals surface area contributed by atoms with Crippen LogP contribution in [0.25, 0.3) is 0 Å². The van der Waals surface area contributed by atoms with Gasteiger partial charge in [0.15, 0.2) is 0 Å². The van der Waals surface area contributed by atoms with Crippen molar-refractivity contribution in [3.05, 3.63) is 51.3 Å². The Morgan fingerprint density at radius 1 is 1.16 bits per heavy atom. The number of amides is 1. The molecule has 0 radical (unpaired) electrons. The number of nitrogens with one attached hydrogen (secondary N) is 4. The van der Waals surface area contributed by atoms with E-state index in [0.717, 1.165) is 12.8 Å². The van der Waals surface area contributed by atoms with E-state index in [0.29, 0.717) is 0 Å². The smallest absolute Gasteiger partial charge is 0.354 e. The molecule has 1 fully saturated rings. The molecule has 11 heteroatoms. The molecule has 1 amide bonds. The van der Waals surface area contributed by atoms with Gasteiger partial charge in [-0.2, -0.15) is 0 Å². The Morgan fingerprint density at radius 3 is 2.39 bits per heavy atom.